The molecule has 6 nitrogen and oxygen atoms in total. The van der Waals surface area contributed by atoms with E-state index in [1.54, 1.807) is 6.92 Å². The van der Waals surface area contributed by atoms with E-state index in [0.717, 1.165) is 11.3 Å². The molecule has 0 aliphatic rings. The molecule has 1 aromatic carbocycles. The van der Waals surface area contributed by atoms with Gasteiger partial charge in [-0.1, -0.05) is 12.1 Å². The van der Waals surface area contributed by atoms with Gasteiger partial charge in [-0.15, -0.1) is 11.3 Å². The number of aliphatic carboxylic acids is 1. The second-order valence-corrected chi connectivity index (χ2v) is 6.29. The maximum atomic E-state index is 13.4. The molecule has 2 rings (SSSR count). The van der Waals surface area contributed by atoms with Gasteiger partial charge in [-0.2, -0.15) is 0 Å². The van der Waals surface area contributed by atoms with E-state index in [-0.39, 0.29) is 6.61 Å². The normalized spacial score (nSPS) is 12.0. The van der Waals surface area contributed by atoms with Crippen LogP contribution in [0.2, 0.25) is 0 Å². The highest BCUT2D eigenvalue weighted by Gasteiger charge is 2.25. The summed E-state index contributed by atoms with van der Waals surface area (Å²) in [4.78, 5) is 28.5. The molecule has 0 spiro atoms. The average molecular weight is 352 g/mol. The van der Waals surface area contributed by atoms with E-state index in [4.69, 9.17) is 4.74 Å². The Kier molecular flexibility index (Phi) is 5.63. The van der Waals surface area contributed by atoms with Crippen molar-refractivity contribution in [3.63, 3.8) is 0 Å². The molecule has 1 aromatic heterocycles. The molecule has 1 atom stereocenters. The van der Waals surface area contributed by atoms with Gasteiger partial charge in [0.15, 0.2) is 6.04 Å². The van der Waals surface area contributed by atoms with Gasteiger partial charge in [0.2, 0.25) is 0 Å². The number of nitrogens with zero attached hydrogens (tertiary/aromatic N) is 1. The van der Waals surface area contributed by atoms with Crippen LogP contribution in [0.3, 0.4) is 0 Å². The predicted molar refractivity (Wildman–Crippen MR) is 86.5 cm³/mol. The van der Waals surface area contributed by atoms with Gasteiger partial charge in [0.05, 0.1) is 12.3 Å². The lowest BCUT2D eigenvalue weighted by atomic mass is 10.0. The van der Waals surface area contributed by atoms with Crippen LogP contribution in [0.25, 0.3) is 0 Å². The average Bonchev–Trinajstić information content (AvgIpc) is 2.88. The number of carbonyl (C=O) groups excluding carboxylic acids is 1. The van der Waals surface area contributed by atoms with Crippen LogP contribution in [-0.4, -0.2) is 29.1 Å². The van der Waals surface area contributed by atoms with Gasteiger partial charge in [0.25, 0.3) is 5.91 Å². The van der Waals surface area contributed by atoms with Gasteiger partial charge in [-0.25, -0.2) is 14.2 Å². The number of carboxylic acid groups (broad SMARTS) is 1. The molecule has 8 heteroatoms. The summed E-state index contributed by atoms with van der Waals surface area (Å²) in [5.41, 5.74) is 1.11. The third kappa shape index (κ3) is 3.95. The molecule has 0 bridgehead atoms. The van der Waals surface area contributed by atoms with E-state index in [0.29, 0.717) is 26.7 Å². The first-order valence-electron chi connectivity index (χ1n) is 7.08. The number of carboxylic acids is 1. The third-order valence-corrected chi connectivity index (χ3v) is 4.48. The van der Waals surface area contributed by atoms with Gasteiger partial charge >= 0.3 is 5.97 Å². The van der Waals surface area contributed by atoms with Gasteiger partial charge in [0.1, 0.15) is 15.7 Å². The van der Waals surface area contributed by atoms with E-state index in [2.05, 4.69) is 10.3 Å². The molecule has 0 saturated carbocycles. The molecule has 128 valence electrons. The molecule has 2 N–H and O–H groups in total. The van der Waals surface area contributed by atoms with Crippen LogP contribution in [-0.2, 0) is 16.1 Å². The molecule has 0 aliphatic heterocycles. The highest BCUT2D eigenvalue weighted by atomic mass is 32.1. The molecule has 0 aliphatic carbocycles. The van der Waals surface area contributed by atoms with Crippen molar-refractivity contribution in [3.8, 4) is 0 Å². The number of aryl methyl sites for hydroxylation is 2. The molecule has 0 radical (unpaired) electrons. The van der Waals surface area contributed by atoms with E-state index < -0.39 is 23.7 Å². The minimum Gasteiger partial charge on any atom is -0.479 e. The van der Waals surface area contributed by atoms with Gasteiger partial charge < -0.3 is 15.2 Å². The molecule has 0 saturated heterocycles. The fourth-order valence-electron chi connectivity index (χ4n) is 2.18. The first-order valence-corrected chi connectivity index (χ1v) is 7.90. The molecule has 0 fully saturated rings. The summed E-state index contributed by atoms with van der Waals surface area (Å²) in [6, 6.07) is 2.66. The summed E-state index contributed by atoms with van der Waals surface area (Å²) in [5, 5.41) is 12.5. The molecule has 2 aromatic rings. The zero-order valence-corrected chi connectivity index (χ0v) is 14.2. The first-order chi connectivity index (χ1) is 11.3. The minimum atomic E-state index is -1.27. The fraction of sp³-hybridized carbons (Fsp3) is 0.312. The number of halogens is 1. The Balaban J connectivity index is 2.25. The van der Waals surface area contributed by atoms with Crippen molar-refractivity contribution in [1.29, 1.82) is 0 Å². The van der Waals surface area contributed by atoms with Gasteiger partial charge in [-0.05, 0) is 31.0 Å². The topological polar surface area (TPSA) is 88.5 Å². The minimum absolute atomic E-state index is 0.276. The Morgan fingerprint density at radius 3 is 2.71 bits per heavy atom. The second-order valence-electron chi connectivity index (χ2n) is 5.21. The van der Waals surface area contributed by atoms with Crippen LogP contribution in [0.4, 0.5) is 4.39 Å². The lowest BCUT2D eigenvalue weighted by Gasteiger charge is -2.15. The highest BCUT2D eigenvalue weighted by Crippen LogP contribution is 2.22. The largest absolute Gasteiger partial charge is 0.479 e. The van der Waals surface area contributed by atoms with Crippen LogP contribution in [0.5, 0.6) is 0 Å². The van der Waals surface area contributed by atoms with Crippen LogP contribution in [0.1, 0.15) is 37.5 Å². The zero-order chi connectivity index (χ0) is 17.9. The number of nitrogens with one attached hydrogen (secondary N) is 1. The van der Waals surface area contributed by atoms with Crippen molar-refractivity contribution in [1.82, 2.24) is 10.3 Å². The summed E-state index contributed by atoms with van der Waals surface area (Å²) < 4.78 is 18.3. The number of carbonyl (C=O) groups is 2. The van der Waals surface area contributed by atoms with Crippen molar-refractivity contribution in [2.24, 2.45) is 0 Å². The smallest absolute Gasteiger partial charge is 0.330 e. The van der Waals surface area contributed by atoms with Gasteiger partial charge in [-0.3, -0.25) is 4.79 Å². The number of aromatic nitrogens is 1. The summed E-state index contributed by atoms with van der Waals surface area (Å²) >= 11 is 1.15. The van der Waals surface area contributed by atoms with Crippen LogP contribution >= 0.6 is 11.3 Å². The lowest BCUT2D eigenvalue weighted by molar-refractivity contribution is -0.139. The lowest BCUT2D eigenvalue weighted by Crippen LogP contribution is -2.33. The summed E-state index contributed by atoms with van der Waals surface area (Å²) in [6.45, 7) is 3.48. The number of hydrogen-bond donors (Lipinski definition) is 2. The Morgan fingerprint density at radius 2 is 2.12 bits per heavy atom. The van der Waals surface area contributed by atoms with Crippen molar-refractivity contribution in [2.75, 3.05) is 7.11 Å². The number of methoxy groups -OCH3 is 1. The number of thiazole rings is 1. The second kappa shape index (κ2) is 7.50. The number of amides is 1. The molecular weight excluding hydrogens is 335 g/mol. The summed E-state index contributed by atoms with van der Waals surface area (Å²) in [6.07, 6.45) is 0. The third-order valence-electron chi connectivity index (χ3n) is 3.35. The number of benzene rings is 1. The zero-order valence-electron chi connectivity index (χ0n) is 13.4. The number of rotatable bonds is 6. The molecule has 24 heavy (non-hydrogen) atoms. The number of ether oxygens (including phenoxy) is 1. The molecular formula is C16H17FN2O4S. The standard InChI is InChI=1S/C16H17FN2O4S/c1-8-6-10(4-5-11(8)17)13(16(21)22)19-15(20)14-9(2)18-12(24-14)7-23-3/h4-6,13H,7H2,1-3H3,(H,19,20)(H,21,22). The molecule has 1 unspecified atom stereocenters. The first kappa shape index (κ1) is 18.0. The maximum absolute atomic E-state index is 13.4. The van der Waals surface area contributed by atoms with Crippen molar-refractivity contribution >= 4 is 23.2 Å². The van der Waals surface area contributed by atoms with Gasteiger partial charge in [0, 0.05) is 7.11 Å². The predicted octanol–water partition coefficient (Wildman–Crippen LogP) is 2.60. The van der Waals surface area contributed by atoms with E-state index in [1.807, 2.05) is 0 Å². The van der Waals surface area contributed by atoms with E-state index in [1.165, 1.54) is 32.2 Å². The molecule has 1 heterocycles. The van der Waals surface area contributed by atoms with Crippen LogP contribution < -0.4 is 5.32 Å². The monoisotopic (exact) mass is 352 g/mol. The highest BCUT2D eigenvalue weighted by molar-refractivity contribution is 7.13. The van der Waals surface area contributed by atoms with Crippen LogP contribution in [0.15, 0.2) is 18.2 Å². The van der Waals surface area contributed by atoms with Crippen LogP contribution in [0, 0.1) is 19.7 Å². The fourth-order valence-corrected chi connectivity index (χ4v) is 3.12. The van der Waals surface area contributed by atoms with E-state index in [9.17, 15) is 19.1 Å². The van der Waals surface area contributed by atoms with Crippen molar-refractivity contribution in [3.05, 3.63) is 50.7 Å². The number of hydrogen-bond acceptors (Lipinski definition) is 5. The van der Waals surface area contributed by atoms with E-state index >= 15 is 0 Å². The Bertz CT molecular complexity index is 775. The Hall–Kier alpha value is -2.32. The summed E-state index contributed by atoms with van der Waals surface area (Å²) in [7, 11) is 1.52. The Labute approximate surface area is 142 Å². The summed E-state index contributed by atoms with van der Waals surface area (Å²) in [5.74, 6) is -2.20. The Morgan fingerprint density at radius 1 is 1.42 bits per heavy atom. The maximum Gasteiger partial charge on any atom is 0.330 e. The van der Waals surface area contributed by atoms with Crippen molar-refractivity contribution in [2.45, 2.75) is 26.5 Å². The SMILES string of the molecule is COCc1nc(C)c(C(=O)NC(C(=O)O)c2ccc(F)c(C)c2)s1. The quantitative estimate of drug-likeness (QED) is 0.834. The molecule has 1 amide bonds. The van der Waals surface area contributed by atoms with Crippen molar-refractivity contribution < 1.29 is 23.8 Å².